The monoisotopic (exact) mass is 740 g/mol. The van der Waals surface area contributed by atoms with Gasteiger partial charge in [0, 0.05) is 11.4 Å². The summed E-state index contributed by atoms with van der Waals surface area (Å²) in [5, 5.41) is 5.25. The van der Waals surface area contributed by atoms with E-state index in [1.165, 1.54) is 63.9 Å². The molecule has 6 rings (SSSR count). The van der Waals surface area contributed by atoms with Crippen molar-refractivity contribution in [2.75, 3.05) is 55.6 Å². The molecule has 54 heavy (non-hydrogen) atoms. The normalized spacial score (nSPS) is 14.4. The van der Waals surface area contributed by atoms with Crippen LogP contribution in [-0.2, 0) is 17.6 Å². The Bertz CT molecular complexity index is 1770. The first kappa shape index (κ1) is 41.7. The first-order chi connectivity index (χ1) is 26.2. The Morgan fingerprint density at radius 3 is 1.83 bits per heavy atom. The van der Waals surface area contributed by atoms with Crippen LogP contribution in [0.1, 0.15) is 73.9 Å². The van der Waals surface area contributed by atoms with Gasteiger partial charge >= 0.3 is 6.03 Å². The molecule has 10 nitrogen and oxygen atoms in total. The lowest BCUT2D eigenvalue weighted by atomic mass is 10.1. The van der Waals surface area contributed by atoms with Crippen molar-refractivity contribution in [3.05, 3.63) is 107 Å². The summed E-state index contributed by atoms with van der Waals surface area (Å²) in [6.07, 6.45) is 15.8. The number of pyridine rings is 2. The minimum Gasteiger partial charge on any atom is -0.396 e. The van der Waals surface area contributed by atoms with Gasteiger partial charge < -0.3 is 26.2 Å². The van der Waals surface area contributed by atoms with E-state index in [0.717, 1.165) is 62.4 Å². The second-order valence-corrected chi connectivity index (χ2v) is 13.7. The number of urea groups is 1. The molecule has 2 fully saturated rings. The Hall–Kier alpha value is -5.03. The van der Waals surface area contributed by atoms with E-state index < -0.39 is 6.03 Å². The minimum atomic E-state index is -0.481. The zero-order valence-electron chi connectivity index (χ0n) is 31.6. The summed E-state index contributed by atoms with van der Waals surface area (Å²) >= 11 is 0. The van der Waals surface area contributed by atoms with Gasteiger partial charge in [0.25, 0.3) is 0 Å². The molecule has 4 N–H and O–H groups in total. The summed E-state index contributed by atoms with van der Waals surface area (Å²) in [6.45, 7) is 10.5. The van der Waals surface area contributed by atoms with Crippen molar-refractivity contribution in [2.24, 2.45) is 4.99 Å². The average molecular weight is 741 g/mol. The van der Waals surface area contributed by atoms with E-state index in [0.29, 0.717) is 23.4 Å². The standard InChI is InChI=1S/C21H27FN4O.C14H21FN2.C7H6N2O/c1-16-10-11-18(15-23-16)24-21(27)25-19-9-5-7-17(20(19)22)8-6-14-26-12-3-2-4-13-26;15-14-12(6-4-8-13(14)16)7-5-11-17-9-2-1-3-10-17;1-6-2-3-7(4-8-6)9-5-10/h5,7,9-11,15H,2-4,6,8,12-14H2,1H3,(H2,24,25,27);4,6,8H,1-3,5,7,9-11,16H2;2-4H,1H3. The van der Waals surface area contributed by atoms with Crippen LogP contribution in [0.25, 0.3) is 0 Å². The maximum Gasteiger partial charge on any atom is 0.323 e. The molecule has 0 unspecified atom stereocenters. The zero-order chi connectivity index (χ0) is 38.5. The van der Waals surface area contributed by atoms with Crippen molar-refractivity contribution < 1.29 is 18.4 Å². The maximum absolute atomic E-state index is 14.7. The molecule has 2 aliphatic heterocycles. The molecule has 288 valence electrons. The van der Waals surface area contributed by atoms with Crippen molar-refractivity contribution in [3.8, 4) is 0 Å². The molecule has 0 saturated carbocycles. The summed E-state index contributed by atoms with van der Waals surface area (Å²) in [5.41, 5.74) is 10.3. The van der Waals surface area contributed by atoms with E-state index in [9.17, 15) is 18.4 Å². The molecule has 0 bridgehead atoms. The van der Waals surface area contributed by atoms with Crippen LogP contribution in [0.5, 0.6) is 0 Å². The Kier molecular flexibility index (Phi) is 17.7. The predicted molar refractivity (Wildman–Crippen MR) is 213 cm³/mol. The SMILES string of the molecule is Cc1ccc(N=C=O)cn1.Cc1ccc(NC(=O)Nc2cccc(CCCN3CCCCC3)c2F)cn1.Nc1cccc(CCCN2CCCCC2)c1F. The number of amides is 2. The number of benzene rings is 2. The highest BCUT2D eigenvalue weighted by Gasteiger charge is 2.14. The van der Waals surface area contributed by atoms with Gasteiger partial charge in [0.15, 0.2) is 0 Å². The molecule has 0 atom stereocenters. The highest BCUT2D eigenvalue weighted by molar-refractivity contribution is 5.99. The number of carbonyl (C=O) groups excluding carboxylic acids is 2. The number of hydrogen-bond acceptors (Lipinski definition) is 8. The number of likely N-dealkylation sites (tertiary alicyclic amines) is 2. The second kappa shape index (κ2) is 22.9. The van der Waals surface area contributed by atoms with Crippen molar-refractivity contribution in [1.82, 2.24) is 19.8 Å². The number of nitrogens with zero attached hydrogens (tertiary/aromatic N) is 5. The van der Waals surface area contributed by atoms with Gasteiger partial charge in [0.1, 0.15) is 11.6 Å². The topological polar surface area (TPSA) is 129 Å². The van der Waals surface area contributed by atoms with Crippen LogP contribution < -0.4 is 16.4 Å². The van der Waals surface area contributed by atoms with Crippen LogP contribution in [0.4, 0.5) is 36.3 Å². The Balaban J connectivity index is 0.000000204. The largest absolute Gasteiger partial charge is 0.396 e. The van der Waals surface area contributed by atoms with Gasteiger partial charge in [-0.3, -0.25) is 9.97 Å². The van der Waals surface area contributed by atoms with Crippen molar-refractivity contribution in [2.45, 2.75) is 78.1 Å². The van der Waals surface area contributed by atoms with E-state index in [1.807, 2.05) is 26.0 Å². The summed E-state index contributed by atoms with van der Waals surface area (Å²) in [7, 11) is 0. The van der Waals surface area contributed by atoms with E-state index in [-0.39, 0.29) is 23.0 Å². The van der Waals surface area contributed by atoms with E-state index in [4.69, 9.17) is 5.73 Å². The molecular weight excluding hydrogens is 687 g/mol. The molecule has 2 aromatic carbocycles. The molecule has 2 saturated heterocycles. The number of nitrogens with one attached hydrogen (secondary N) is 2. The molecule has 2 aliphatic rings. The molecule has 12 heteroatoms. The number of piperidine rings is 2. The van der Waals surface area contributed by atoms with Gasteiger partial charge in [-0.2, -0.15) is 4.99 Å². The lowest BCUT2D eigenvalue weighted by Crippen LogP contribution is -2.30. The van der Waals surface area contributed by atoms with Gasteiger partial charge in [-0.25, -0.2) is 18.4 Å². The first-order valence-electron chi connectivity index (χ1n) is 19.0. The lowest BCUT2D eigenvalue weighted by molar-refractivity contribution is 0.226. The van der Waals surface area contributed by atoms with Crippen LogP contribution in [0.3, 0.4) is 0 Å². The molecule has 4 heterocycles. The van der Waals surface area contributed by atoms with Crippen LogP contribution in [0.2, 0.25) is 0 Å². The van der Waals surface area contributed by atoms with Crippen LogP contribution in [-0.4, -0.2) is 71.1 Å². The highest BCUT2D eigenvalue weighted by Crippen LogP contribution is 2.21. The number of aromatic nitrogens is 2. The van der Waals surface area contributed by atoms with Crippen LogP contribution >= 0.6 is 0 Å². The summed E-state index contributed by atoms with van der Waals surface area (Å²) in [5.74, 6) is -0.584. The molecule has 0 radical (unpaired) electrons. The predicted octanol–water partition coefficient (Wildman–Crippen LogP) is 8.78. The quantitative estimate of drug-likeness (QED) is 0.0797. The third-order valence-electron chi connectivity index (χ3n) is 9.41. The summed E-state index contributed by atoms with van der Waals surface area (Å²) in [6, 6.07) is 17.0. The number of aliphatic imine (C=N–C) groups is 1. The number of aryl methyl sites for hydroxylation is 4. The fourth-order valence-electron chi connectivity index (χ4n) is 6.42. The number of isocyanates is 1. The number of nitrogens with two attached hydrogens (primary N) is 1. The third kappa shape index (κ3) is 14.8. The van der Waals surface area contributed by atoms with E-state index in [1.54, 1.807) is 54.7 Å². The number of hydrogen-bond donors (Lipinski definition) is 3. The molecular formula is C42H54F2N8O2. The van der Waals surface area contributed by atoms with Crippen molar-refractivity contribution in [1.29, 1.82) is 0 Å². The van der Waals surface area contributed by atoms with Gasteiger partial charge in [-0.1, -0.05) is 37.1 Å². The fraction of sp³-hybridized carbons (Fsp3) is 0.429. The fourth-order valence-corrected chi connectivity index (χ4v) is 6.42. The zero-order valence-corrected chi connectivity index (χ0v) is 31.6. The van der Waals surface area contributed by atoms with Crippen molar-refractivity contribution in [3.63, 3.8) is 0 Å². The van der Waals surface area contributed by atoms with Gasteiger partial charge in [0.2, 0.25) is 6.08 Å². The lowest BCUT2D eigenvalue weighted by Gasteiger charge is -2.26. The Labute approximate surface area is 318 Å². The van der Waals surface area contributed by atoms with Crippen molar-refractivity contribution >= 4 is 34.9 Å². The average Bonchev–Trinajstić information content (AvgIpc) is 3.18. The Morgan fingerprint density at radius 1 is 0.741 bits per heavy atom. The number of rotatable bonds is 11. The molecule has 2 aromatic heterocycles. The summed E-state index contributed by atoms with van der Waals surface area (Å²) < 4.78 is 28.4. The first-order valence-corrected chi connectivity index (χ1v) is 19.0. The van der Waals surface area contributed by atoms with Crippen LogP contribution in [0, 0.1) is 25.5 Å². The number of nitrogen functional groups attached to an aromatic ring is 1. The van der Waals surface area contributed by atoms with E-state index >= 15 is 0 Å². The summed E-state index contributed by atoms with van der Waals surface area (Å²) in [4.78, 5) is 38.2. The second-order valence-electron chi connectivity index (χ2n) is 13.7. The maximum atomic E-state index is 14.7. The molecule has 4 aromatic rings. The third-order valence-corrected chi connectivity index (χ3v) is 9.41. The Morgan fingerprint density at radius 2 is 1.30 bits per heavy atom. The van der Waals surface area contributed by atoms with Gasteiger partial charge in [-0.15, -0.1) is 0 Å². The molecule has 0 spiro atoms. The molecule has 0 aliphatic carbocycles. The van der Waals surface area contributed by atoms with Crippen LogP contribution in [0.15, 0.2) is 78.0 Å². The number of anilines is 3. The van der Waals surface area contributed by atoms with E-state index in [2.05, 4.69) is 35.4 Å². The molecule has 2 amide bonds. The number of halogens is 2. The van der Waals surface area contributed by atoms with Gasteiger partial charge in [0.05, 0.1) is 35.1 Å². The number of carbonyl (C=O) groups is 1. The highest BCUT2D eigenvalue weighted by atomic mass is 19.1. The smallest absolute Gasteiger partial charge is 0.323 e. The minimum absolute atomic E-state index is 0.197. The van der Waals surface area contributed by atoms with Gasteiger partial charge in [-0.05, 0) is 152 Å².